The molecule has 2 nitrogen and oxygen atoms in total. The Morgan fingerprint density at radius 2 is 1.94 bits per heavy atom. The number of aliphatic hydroxyl groups excluding tert-OH is 1. The predicted molar refractivity (Wildman–Crippen MR) is 54.0 cm³/mol. The maximum Gasteiger partial charge on any atom is 0.431 e. The van der Waals surface area contributed by atoms with Crippen molar-refractivity contribution in [3.63, 3.8) is 0 Å². The quantitative estimate of drug-likeness (QED) is 0.786. The van der Waals surface area contributed by atoms with Gasteiger partial charge in [-0.3, -0.25) is 0 Å². The molecule has 17 heavy (non-hydrogen) atoms. The van der Waals surface area contributed by atoms with Crippen molar-refractivity contribution >= 4 is 10.9 Å². The summed E-state index contributed by atoms with van der Waals surface area (Å²) in [6.45, 7) is -0.424. The Morgan fingerprint density at radius 1 is 1.24 bits per heavy atom. The van der Waals surface area contributed by atoms with Crippen molar-refractivity contribution in [3.8, 4) is 0 Å². The number of fused-ring (bicyclic) bond motifs is 1. The zero-order chi connectivity index (χ0) is 12.6. The highest BCUT2D eigenvalue weighted by Crippen LogP contribution is 2.36. The van der Waals surface area contributed by atoms with E-state index in [9.17, 15) is 17.6 Å². The Bertz CT molecular complexity index is 544. The number of aliphatic hydroxyl groups is 1. The van der Waals surface area contributed by atoms with E-state index >= 15 is 0 Å². The van der Waals surface area contributed by atoms with E-state index in [1.807, 2.05) is 4.98 Å². The van der Waals surface area contributed by atoms with Gasteiger partial charge in [-0.1, -0.05) is 12.1 Å². The van der Waals surface area contributed by atoms with Crippen molar-refractivity contribution in [2.45, 2.75) is 12.6 Å². The third kappa shape index (κ3) is 2.00. The van der Waals surface area contributed by atoms with Gasteiger partial charge >= 0.3 is 6.18 Å². The first-order chi connectivity index (χ1) is 7.95. The number of para-hydroxylation sites is 1. The van der Waals surface area contributed by atoms with E-state index < -0.39 is 24.3 Å². The van der Waals surface area contributed by atoms with Gasteiger partial charge < -0.3 is 10.1 Å². The molecule has 0 unspecified atom stereocenters. The molecular formula is C11H9F4NO. The molecule has 0 amide bonds. The van der Waals surface area contributed by atoms with Gasteiger partial charge in [0, 0.05) is 12.0 Å². The lowest BCUT2D eigenvalue weighted by molar-refractivity contribution is -0.141. The number of aromatic amines is 1. The molecule has 0 aliphatic rings. The molecule has 0 fully saturated rings. The summed E-state index contributed by atoms with van der Waals surface area (Å²) in [4.78, 5) is 2.05. The fraction of sp³-hybridized carbons (Fsp3) is 0.273. The summed E-state index contributed by atoms with van der Waals surface area (Å²) >= 11 is 0. The molecule has 92 valence electrons. The average Bonchev–Trinajstić information content (AvgIpc) is 2.59. The Balaban J connectivity index is 2.75. The molecule has 1 heterocycles. The maximum absolute atomic E-state index is 13.3. The van der Waals surface area contributed by atoms with Gasteiger partial charge in [-0.25, -0.2) is 4.39 Å². The summed E-state index contributed by atoms with van der Waals surface area (Å²) in [5.41, 5.74) is -1.27. The average molecular weight is 247 g/mol. The number of halogens is 4. The largest absolute Gasteiger partial charge is 0.431 e. The van der Waals surface area contributed by atoms with Crippen LogP contribution in [-0.4, -0.2) is 16.7 Å². The van der Waals surface area contributed by atoms with Crippen LogP contribution in [0.15, 0.2) is 18.2 Å². The number of rotatable bonds is 2. The van der Waals surface area contributed by atoms with Crippen LogP contribution in [0.4, 0.5) is 17.6 Å². The molecular weight excluding hydrogens is 238 g/mol. The number of alkyl halides is 3. The van der Waals surface area contributed by atoms with E-state index in [4.69, 9.17) is 5.11 Å². The van der Waals surface area contributed by atoms with Crippen LogP contribution in [0.1, 0.15) is 11.3 Å². The van der Waals surface area contributed by atoms with E-state index in [-0.39, 0.29) is 22.9 Å². The van der Waals surface area contributed by atoms with E-state index in [1.54, 1.807) is 0 Å². The molecule has 0 aliphatic carbocycles. The molecule has 0 radical (unpaired) electrons. The lowest BCUT2D eigenvalue weighted by Crippen LogP contribution is -2.09. The molecule has 1 aromatic carbocycles. The molecule has 0 bridgehead atoms. The normalized spacial score (nSPS) is 12.3. The van der Waals surface area contributed by atoms with Crippen molar-refractivity contribution in [3.05, 3.63) is 35.3 Å². The van der Waals surface area contributed by atoms with Crippen molar-refractivity contribution in [2.24, 2.45) is 0 Å². The van der Waals surface area contributed by atoms with Crippen molar-refractivity contribution in [1.29, 1.82) is 0 Å². The standard InChI is InChI=1S/C11H9F4NO/c12-8-3-1-2-6-7(4-5-17)10(11(13,14)15)16-9(6)8/h1-3,16-17H,4-5H2. The van der Waals surface area contributed by atoms with Gasteiger partial charge in [0.05, 0.1) is 5.52 Å². The molecule has 0 atom stereocenters. The van der Waals surface area contributed by atoms with Crippen molar-refractivity contribution in [2.75, 3.05) is 6.61 Å². The van der Waals surface area contributed by atoms with Crippen LogP contribution >= 0.6 is 0 Å². The molecule has 1 aromatic heterocycles. The molecule has 2 aromatic rings. The minimum Gasteiger partial charge on any atom is -0.396 e. The highest BCUT2D eigenvalue weighted by Gasteiger charge is 2.36. The fourth-order valence-electron chi connectivity index (χ4n) is 1.85. The number of benzene rings is 1. The van der Waals surface area contributed by atoms with Crippen LogP contribution in [-0.2, 0) is 12.6 Å². The number of H-pyrrole nitrogens is 1. The highest BCUT2D eigenvalue weighted by molar-refractivity contribution is 5.85. The van der Waals surface area contributed by atoms with E-state index in [2.05, 4.69) is 0 Å². The third-order valence-electron chi connectivity index (χ3n) is 2.54. The molecule has 0 saturated heterocycles. The van der Waals surface area contributed by atoms with Gasteiger partial charge in [0.1, 0.15) is 11.5 Å². The monoisotopic (exact) mass is 247 g/mol. The summed E-state index contributed by atoms with van der Waals surface area (Å²) in [6, 6.07) is 3.82. The number of aromatic nitrogens is 1. The Kier molecular flexibility index (Phi) is 2.82. The highest BCUT2D eigenvalue weighted by atomic mass is 19.4. The third-order valence-corrected chi connectivity index (χ3v) is 2.54. The lowest BCUT2D eigenvalue weighted by Gasteiger charge is -2.06. The minimum absolute atomic E-state index is 0.102. The topological polar surface area (TPSA) is 36.0 Å². The summed E-state index contributed by atoms with van der Waals surface area (Å²) in [7, 11) is 0. The number of nitrogens with one attached hydrogen (secondary N) is 1. The SMILES string of the molecule is OCCc1c(C(F)(F)F)[nH]c2c(F)cccc12. The van der Waals surface area contributed by atoms with E-state index in [1.165, 1.54) is 12.1 Å². The van der Waals surface area contributed by atoms with Gasteiger partial charge in [-0.2, -0.15) is 13.2 Å². The first-order valence-corrected chi connectivity index (χ1v) is 4.92. The molecule has 0 saturated carbocycles. The van der Waals surface area contributed by atoms with E-state index in [0.717, 1.165) is 6.07 Å². The summed E-state index contributed by atoms with van der Waals surface area (Å²) in [5, 5.41) is 8.94. The summed E-state index contributed by atoms with van der Waals surface area (Å²) < 4.78 is 51.5. The van der Waals surface area contributed by atoms with Crippen molar-refractivity contribution in [1.82, 2.24) is 4.98 Å². The van der Waals surface area contributed by atoms with Gasteiger partial charge in [0.15, 0.2) is 0 Å². The van der Waals surface area contributed by atoms with Crippen molar-refractivity contribution < 1.29 is 22.7 Å². The Morgan fingerprint density at radius 3 is 2.53 bits per heavy atom. The molecule has 0 spiro atoms. The van der Waals surface area contributed by atoms with E-state index in [0.29, 0.717) is 0 Å². The number of hydrogen-bond donors (Lipinski definition) is 2. The second-order valence-corrected chi connectivity index (χ2v) is 3.61. The summed E-state index contributed by atoms with van der Waals surface area (Å²) in [5.74, 6) is -0.739. The second kappa shape index (κ2) is 4.03. The first-order valence-electron chi connectivity index (χ1n) is 4.92. The molecule has 6 heteroatoms. The molecule has 2 N–H and O–H groups in total. The molecule has 2 rings (SSSR count). The van der Waals surface area contributed by atoms with Gasteiger partial charge in [0.25, 0.3) is 0 Å². The van der Waals surface area contributed by atoms with Crippen LogP contribution < -0.4 is 0 Å². The second-order valence-electron chi connectivity index (χ2n) is 3.61. The maximum atomic E-state index is 13.3. The van der Waals surface area contributed by atoms with Crippen LogP contribution in [0.5, 0.6) is 0 Å². The van der Waals surface area contributed by atoms with Gasteiger partial charge in [-0.15, -0.1) is 0 Å². The zero-order valence-electron chi connectivity index (χ0n) is 8.61. The Hall–Kier alpha value is -1.56. The lowest BCUT2D eigenvalue weighted by atomic mass is 10.1. The van der Waals surface area contributed by atoms with Crippen LogP contribution in [0.3, 0.4) is 0 Å². The Labute approximate surface area is 93.9 Å². The van der Waals surface area contributed by atoms with Crippen LogP contribution in [0.25, 0.3) is 10.9 Å². The fourth-order valence-corrected chi connectivity index (χ4v) is 1.85. The smallest absolute Gasteiger partial charge is 0.396 e. The van der Waals surface area contributed by atoms with Gasteiger partial charge in [-0.05, 0) is 18.1 Å². The summed E-state index contributed by atoms with van der Waals surface area (Å²) in [6.07, 6.45) is -4.76. The minimum atomic E-state index is -4.59. The zero-order valence-corrected chi connectivity index (χ0v) is 8.61. The first kappa shape index (κ1) is 11.9. The van der Waals surface area contributed by atoms with Crippen LogP contribution in [0.2, 0.25) is 0 Å². The van der Waals surface area contributed by atoms with Gasteiger partial charge in [0.2, 0.25) is 0 Å². The molecule has 0 aliphatic heterocycles. The number of hydrogen-bond acceptors (Lipinski definition) is 1. The van der Waals surface area contributed by atoms with Crippen LogP contribution in [0, 0.1) is 5.82 Å². The predicted octanol–water partition coefficient (Wildman–Crippen LogP) is 2.86.